The molecule has 2 N–H and O–H groups in total. The first kappa shape index (κ1) is 22.6. The molecule has 0 unspecified atom stereocenters. The predicted octanol–water partition coefficient (Wildman–Crippen LogP) is -0.0179. The van der Waals surface area contributed by atoms with Crippen LogP contribution in [0.5, 0.6) is 0 Å². The molecule has 150 valence electrons. The van der Waals surface area contributed by atoms with Gasteiger partial charge >= 0.3 is 5.97 Å². The lowest BCUT2D eigenvalue weighted by atomic mass is 10.2. The Balaban J connectivity index is 2.55. The molecule has 27 heavy (non-hydrogen) atoms. The molecule has 0 heterocycles. The van der Waals surface area contributed by atoms with Crippen LogP contribution < -0.4 is 10.6 Å². The number of sulfonamides is 1. The maximum Gasteiger partial charge on any atom is 0.325 e. The lowest BCUT2D eigenvalue weighted by Crippen LogP contribution is -2.35. The molecule has 0 aliphatic rings. The Labute approximate surface area is 159 Å². The van der Waals surface area contributed by atoms with Crippen molar-refractivity contribution in [3.05, 3.63) is 29.8 Å². The second kappa shape index (κ2) is 10.0. The van der Waals surface area contributed by atoms with Crippen molar-refractivity contribution in [2.24, 2.45) is 5.92 Å². The largest absolute Gasteiger partial charge is 0.454 e. The second-order valence-corrected chi connectivity index (χ2v) is 8.51. The molecule has 0 saturated heterocycles. The lowest BCUT2D eigenvalue weighted by Gasteiger charge is -2.12. The van der Waals surface area contributed by atoms with Gasteiger partial charge in [-0.2, -0.15) is 0 Å². The Morgan fingerprint density at radius 1 is 1.15 bits per heavy atom. The van der Waals surface area contributed by atoms with Crippen molar-refractivity contribution in [2.45, 2.75) is 18.7 Å². The highest BCUT2D eigenvalue weighted by molar-refractivity contribution is 7.89. The third-order valence-electron chi connectivity index (χ3n) is 3.34. The molecule has 0 saturated carbocycles. The zero-order valence-electron chi connectivity index (χ0n) is 15.8. The monoisotopic (exact) mass is 399 g/mol. The van der Waals surface area contributed by atoms with Crippen LogP contribution in [0.4, 0.5) is 0 Å². The van der Waals surface area contributed by atoms with Crippen molar-refractivity contribution in [1.82, 2.24) is 14.9 Å². The number of carbonyl (C=O) groups excluding carboxylic acids is 3. The number of carbonyl (C=O) groups is 3. The standard InChI is InChI=1S/C17H25N3O6S/c1-12(2)9-18-15(21)11-26-16(22)10-19-17(23)13-6-5-7-14(8-13)27(24,25)20(3)4/h5-8,12H,9-11H2,1-4H3,(H,18,21)(H,19,23). The molecule has 0 atom stereocenters. The highest BCUT2D eigenvalue weighted by Crippen LogP contribution is 2.14. The van der Waals surface area contributed by atoms with Crippen LogP contribution >= 0.6 is 0 Å². The Hall–Kier alpha value is -2.46. The summed E-state index contributed by atoms with van der Waals surface area (Å²) in [7, 11) is -0.908. The average Bonchev–Trinajstić information content (AvgIpc) is 2.62. The van der Waals surface area contributed by atoms with Gasteiger partial charge in [-0.15, -0.1) is 0 Å². The number of hydrogen-bond acceptors (Lipinski definition) is 6. The van der Waals surface area contributed by atoms with E-state index in [1.54, 1.807) is 0 Å². The van der Waals surface area contributed by atoms with Crippen LogP contribution in [-0.2, 0) is 24.3 Å². The number of nitrogens with zero attached hydrogens (tertiary/aromatic N) is 1. The van der Waals surface area contributed by atoms with Gasteiger partial charge in [-0.3, -0.25) is 14.4 Å². The fraction of sp³-hybridized carbons (Fsp3) is 0.471. The van der Waals surface area contributed by atoms with E-state index in [0.29, 0.717) is 6.54 Å². The van der Waals surface area contributed by atoms with E-state index in [0.717, 1.165) is 4.31 Å². The minimum Gasteiger partial charge on any atom is -0.454 e. The van der Waals surface area contributed by atoms with Crippen LogP contribution in [0.15, 0.2) is 29.2 Å². The highest BCUT2D eigenvalue weighted by Gasteiger charge is 2.19. The number of nitrogens with one attached hydrogen (secondary N) is 2. The van der Waals surface area contributed by atoms with Gasteiger partial charge in [0.15, 0.2) is 6.61 Å². The summed E-state index contributed by atoms with van der Waals surface area (Å²) in [6.07, 6.45) is 0. The zero-order valence-corrected chi connectivity index (χ0v) is 16.6. The molecular formula is C17H25N3O6S. The number of hydrogen-bond donors (Lipinski definition) is 2. The van der Waals surface area contributed by atoms with Gasteiger partial charge < -0.3 is 15.4 Å². The topological polar surface area (TPSA) is 122 Å². The summed E-state index contributed by atoms with van der Waals surface area (Å²) in [6, 6.07) is 5.45. The fourth-order valence-corrected chi connectivity index (χ4v) is 2.78. The summed E-state index contributed by atoms with van der Waals surface area (Å²) in [6.45, 7) is 3.46. The van der Waals surface area contributed by atoms with E-state index in [-0.39, 0.29) is 16.4 Å². The predicted molar refractivity (Wildman–Crippen MR) is 98.5 cm³/mol. The van der Waals surface area contributed by atoms with Crippen molar-refractivity contribution in [3.8, 4) is 0 Å². The molecule has 0 aliphatic heterocycles. The fourth-order valence-electron chi connectivity index (χ4n) is 1.83. The molecule has 1 aromatic carbocycles. The third-order valence-corrected chi connectivity index (χ3v) is 5.15. The van der Waals surface area contributed by atoms with E-state index >= 15 is 0 Å². The van der Waals surface area contributed by atoms with Gasteiger partial charge in [0.25, 0.3) is 11.8 Å². The molecule has 0 aliphatic carbocycles. The summed E-state index contributed by atoms with van der Waals surface area (Å²) < 4.78 is 30.0. The number of amides is 2. The van der Waals surface area contributed by atoms with Crippen LogP contribution in [0.25, 0.3) is 0 Å². The molecule has 0 spiro atoms. The third kappa shape index (κ3) is 7.35. The van der Waals surface area contributed by atoms with Gasteiger partial charge in [-0.05, 0) is 24.1 Å². The minimum absolute atomic E-state index is 0.0375. The number of esters is 1. The van der Waals surface area contributed by atoms with Gasteiger partial charge in [0, 0.05) is 26.2 Å². The summed E-state index contributed by atoms with van der Waals surface area (Å²) >= 11 is 0. The van der Waals surface area contributed by atoms with Crippen LogP contribution in [0, 0.1) is 5.92 Å². The first-order chi connectivity index (χ1) is 12.5. The normalized spacial score (nSPS) is 11.3. The molecule has 10 heteroatoms. The zero-order chi connectivity index (χ0) is 20.6. The van der Waals surface area contributed by atoms with Gasteiger partial charge in [-0.25, -0.2) is 12.7 Å². The van der Waals surface area contributed by atoms with Crippen LogP contribution in [0.1, 0.15) is 24.2 Å². The second-order valence-electron chi connectivity index (χ2n) is 6.36. The van der Waals surface area contributed by atoms with Crippen molar-refractivity contribution >= 4 is 27.8 Å². The van der Waals surface area contributed by atoms with E-state index in [9.17, 15) is 22.8 Å². The van der Waals surface area contributed by atoms with E-state index in [1.807, 2.05) is 13.8 Å². The maximum absolute atomic E-state index is 12.1. The Morgan fingerprint density at radius 2 is 1.81 bits per heavy atom. The SMILES string of the molecule is CC(C)CNC(=O)COC(=O)CNC(=O)c1cccc(S(=O)(=O)N(C)C)c1. The van der Waals surface area contributed by atoms with Crippen molar-refractivity contribution in [1.29, 1.82) is 0 Å². The summed E-state index contributed by atoms with van der Waals surface area (Å²) in [5.41, 5.74) is 0.0837. The highest BCUT2D eigenvalue weighted by atomic mass is 32.2. The van der Waals surface area contributed by atoms with Crippen LogP contribution in [-0.4, -0.2) is 64.3 Å². The van der Waals surface area contributed by atoms with Crippen molar-refractivity contribution < 1.29 is 27.5 Å². The smallest absolute Gasteiger partial charge is 0.325 e. The molecule has 2 amide bonds. The number of benzene rings is 1. The minimum atomic E-state index is -3.68. The Morgan fingerprint density at radius 3 is 2.41 bits per heavy atom. The quantitative estimate of drug-likeness (QED) is 0.563. The lowest BCUT2D eigenvalue weighted by molar-refractivity contribution is -0.147. The summed E-state index contributed by atoms with van der Waals surface area (Å²) in [4.78, 5) is 35.1. The van der Waals surface area contributed by atoms with Crippen LogP contribution in [0.2, 0.25) is 0 Å². The van der Waals surface area contributed by atoms with Gasteiger partial charge in [0.2, 0.25) is 10.0 Å². The Bertz CT molecular complexity index is 790. The van der Waals surface area contributed by atoms with Gasteiger partial charge in [0.1, 0.15) is 6.54 Å². The Kier molecular flexibility index (Phi) is 8.38. The van der Waals surface area contributed by atoms with Crippen molar-refractivity contribution in [2.75, 3.05) is 33.8 Å². The first-order valence-corrected chi connectivity index (χ1v) is 9.71. The van der Waals surface area contributed by atoms with E-state index in [4.69, 9.17) is 4.74 Å². The van der Waals surface area contributed by atoms with Crippen LogP contribution in [0.3, 0.4) is 0 Å². The number of ether oxygens (including phenoxy) is 1. The molecule has 0 bridgehead atoms. The molecule has 0 radical (unpaired) electrons. The molecule has 9 nitrogen and oxygen atoms in total. The van der Waals surface area contributed by atoms with Gasteiger partial charge in [0.05, 0.1) is 4.90 Å². The van der Waals surface area contributed by atoms with Gasteiger partial charge in [-0.1, -0.05) is 19.9 Å². The van der Waals surface area contributed by atoms with Crippen molar-refractivity contribution in [3.63, 3.8) is 0 Å². The number of rotatable bonds is 9. The molecule has 0 aromatic heterocycles. The van der Waals surface area contributed by atoms with E-state index in [1.165, 1.54) is 38.4 Å². The molecular weight excluding hydrogens is 374 g/mol. The maximum atomic E-state index is 12.1. The molecule has 0 fully saturated rings. The first-order valence-electron chi connectivity index (χ1n) is 8.27. The van der Waals surface area contributed by atoms with E-state index in [2.05, 4.69) is 10.6 Å². The van der Waals surface area contributed by atoms with E-state index < -0.39 is 41.0 Å². The molecule has 1 rings (SSSR count). The average molecular weight is 399 g/mol. The molecule has 1 aromatic rings. The summed E-state index contributed by atoms with van der Waals surface area (Å²) in [5, 5.41) is 4.92. The summed E-state index contributed by atoms with van der Waals surface area (Å²) in [5.74, 6) is -1.56.